The van der Waals surface area contributed by atoms with Gasteiger partial charge in [0.2, 0.25) is 11.1 Å². The molecule has 0 fully saturated rings. The standard InChI is InChI=1S/C18H26N6O2S/c1-6-20-16(26)21-15(25)11(2)27-17-23-22-14(24(17)19)12-7-9-13(10-8-12)18(3,4)5/h7-11H,6,19H2,1-5H3,(H2,20,21,25,26)/t11-/m1/s1. The molecule has 1 atom stereocenters. The molecule has 0 saturated heterocycles. The number of aromatic nitrogens is 3. The van der Waals surface area contributed by atoms with Crippen LogP contribution in [0.2, 0.25) is 0 Å². The number of hydrogen-bond acceptors (Lipinski definition) is 6. The molecule has 0 spiro atoms. The number of amides is 3. The summed E-state index contributed by atoms with van der Waals surface area (Å²) in [4.78, 5) is 23.5. The largest absolute Gasteiger partial charge is 0.338 e. The van der Waals surface area contributed by atoms with Crippen LogP contribution in [0.3, 0.4) is 0 Å². The molecular weight excluding hydrogens is 364 g/mol. The van der Waals surface area contributed by atoms with Crippen molar-refractivity contribution in [1.82, 2.24) is 25.5 Å². The Morgan fingerprint density at radius 2 is 1.85 bits per heavy atom. The fourth-order valence-electron chi connectivity index (χ4n) is 2.30. The molecule has 0 saturated carbocycles. The van der Waals surface area contributed by atoms with Crippen molar-refractivity contribution in [2.45, 2.75) is 50.4 Å². The number of urea groups is 1. The van der Waals surface area contributed by atoms with Crippen LogP contribution in [0.1, 0.15) is 40.2 Å². The van der Waals surface area contributed by atoms with Crippen LogP contribution in [0.4, 0.5) is 4.79 Å². The van der Waals surface area contributed by atoms with E-state index >= 15 is 0 Å². The smallest absolute Gasteiger partial charge is 0.321 e. The first-order valence-electron chi connectivity index (χ1n) is 8.70. The molecule has 146 valence electrons. The number of carbonyl (C=O) groups is 2. The lowest BCUT2D eigenvalue weighted by molar-refractivity contribution is -0.119. The van der Waals surface area contributed by atoms with Gasteiger partial charge in [-0.15, -0.1) is 10.2 Å². The molecule has 0 bridgehead atoms. The van der Waals surface area contributed by atoms with Crippen LogP contribution in [0.25, 0.3) is 11.4 Å². The highest BCUT2D eigenvalue weighted by atomic mass is 32.2. The van der Waals surface area contributed by atoms with Crippen LogP contribution in [-0.4, -0.2) is 38.6 Å². The summed E-state index contributed by atoms with van der Waals surface area (Å²) in [6.45, 7) is 10.3. The van der Waals surface area contributed by atoms with Gasteiger partial charge in [-0.25, -0.2) is 9.47 Å². The third-order valence-electron chi connectivity index (χ3n) is 3.90. The molecule has 1 aromatic heterocycles. The highest BCUT2D eigenvalue weighted by Crippen LogP contribution is 2.27. The number of nitrogens with two attached hydrogens (primary N) is 1. The van der Waals surface area contributed by atoms with Crippen molar-refractivity contribution in [2.75, 3.05) is 12.4 Å². The fourth-order valence-corrected chi connectivity index (χ4v) is 3.07. The molecule has 9 heteroatoms. The second-order valence-corrected chi connectivity index (χ2v) is 8.42. The number of thioether (sulfide) groups is 1. The number of imide groups is 1. The Labute approximate surface area is 163 Å². The number of rotatable bonds is 5. The molecule has 0 unspecified atom stereocenters. The molecule has 1 aromatic carbocycles. The van der Waals surface area contributed by atoms with Crippen LogP contribution >= 0.6 is 11.8 Å². The SMILES string of the molecule is CCNC(=O)NC(=O)[C@@H](C)Sc1nnc(-c2ccc(C(C)(C)C)cc2)n1N. The molecule has 2 rings (SSSR count). The molecule has 3 amide bonds. The van der Waals surface area contributed by atoms with Crippen molar-refractivity contribution in [3.05, 3.63) is 29.8 Å². The number of nitrogens with one attached hydrogen (secondary N) is 2. The first-order chi connectivity index (χ1) is 12.6. The summed E-state index contributed by atoms with van der Waals surface area (Å²) in [5.74, 6) is 6.20. The van der Waals surface area contributed by atoms with E-state index in [0.29, 0.717) is 17.5 Å². The minimum absolute atomic E-state index is 0.0583. The Morgan fingerprint density at radius 3 is 2.41 bits per heavy atom. The maximum atomic E-state index is 12.1. The van der Waals surface area contributed by atoms with Gasteiger partial charge in [-0.05, 0) is 24.8 Å². The number of benzene rings is 1. The van der Waals surface area contributed by atoms with E-state index in [9.17, 15) is 9.59 Å². The highest BCUT2D eigenvalue weighted by molar-refractivity contribution is 8.00. The topological polar surface area (TPSA) is 115 Å². The van der Waals surface area contributed by atoms with Gasteiger partial charge in [0.05, 0.1) is 5.25 Å². The van der Waals surface area contributed by atoms with Crippen LogP contribution < -0.4 is 16.5 Å². The summed E-state index contributed by atoms with van der Waals surface area (Å²) < 4.78 is 1.35. The molecule has 0 aliphatic rings. The Morgan fingerprint density at radius 1 is 1.22 bits per heavy atom. The van der Waals surface area contributed by atoms with Crippen molar-refractivity contribution >= 4 is 23.7 Å². The van der Waals surface area contributed by atoms with Crippen molar-refractivity contribution in [1.29, 1.82) is 0 Å². The van der Waals surface area contributed by atoms with Gasteiger partial charge in [-0.1, -0.05) is 56.8 Å². The van der Waals surface area contributed by atoms with Crippen molar-refractivity contribution in [2.24, 2.45) is 0 Å². The van der Waals surface area contributed by atoms with E-state index in [1.165, 1.54) is 10.2 Å². The van der Waals surface area contributed by atoms with E-state index < -0.39 is 17.2 Å². The van der Waals surface area contributed by atoms with E-state index in [2.05, 4.69) is 41.6 Å². The van der Waals surface area contributed by atoms with Gasteiger partial charge in [0, 0.05) is 12.1 Å². The maximum Gasteiger partial charge on any atom is 0.321 e. The first kappa shape index (κ1) is 20.8. The predicted octanol–water partition coefficient (Wildman–Crippen LogP) is 2.28. The third kappa shape index (κ3) is 5.22. The van der Waals surface area contributed by atoms with Crippen LogP contribution in [0.5, 0.6) is 0 Å². The lowest BCUT2D eigenvalue weighted by Gasteiger charge is -2.19. The van der Waals surface area contributed by atoms with Crippen LogP contribution in [-0.2, 0) is 10.2 Å². The molecule has 0 aliphatic heterocycles. The summed E-state index contributed by atoms with van der Waals surface area (Å²) in [5, 5.41) is 12.8. The lowest BCUT2D eigenvalue weighted by Crippen LogP contribution is -2.42. The van der Waals surface area contributed by atoms with E-state index in [-0.39, 0.29) is 5.41 Å². The monoisotopic (exact) mass is 390 g/mol. The van der Waals surface area contributed by atoms with Crippen molar-refractivity contribution < 1.29 is 9.59 Å². The molecule has 8 nitrogen and oxygen atoms in total. The van der Waals surface area contributed by atoms with Crippen molar-refractivity contribution in [3.8, 4) is 11.4 Å². The third-order valence-corrected chi connectivity index (χ3v) is 4.96. The Hall–Kier alpha value is -2.55. The molecule has 2 aromatic rings. The lowest BCUT2D eigenvalue weighted by atomic mass is 9.87. The predicted molar refractivity (Wildman–Crippen MR) is 107 cm³/mol. The van der Waals surface area contributed by atoms with Crippen LogP contribution in [0.15, 0.2) is 29.4 Å². The second-order valence-electron chi connectivity index (χ2n) is 7.11. The maximum absolute atomic E-state index is 12.1. The van der Waals surface area contributed by atoms with E-state index in [4.69, 9.17) is 5.84 Å². The number of nitrogen functional groups attached to an aromatic ring is 1. The van der Waals surface area contributed by atoms with Gasteiger partial charge in [0.25, 0.3) is 0 Å². The van der Waals surface area contributed by atoms with E-state index in [1.54, 1.807) is 13.8 Å². The van der Waals surface area contributed by atoms with Gasteiger partial charge in [0.15, 0.2) is 5.82 Å². The minimum Gasteiger partial charge on any atom is -0.338 e. The number of nitrogens with zero attached hydrogens (tertiary/aromatic N) is 3. The zero-order valence-corrected chi connectivity index (χ0v) is 17.1. The average molecular weight is 391 g/mol. The molecule has 0 aliphatic carbocycles. The van der Waals surface area contributed by atoms with Gasteiger partial charge in [-0.3, -0.25) is 10.1 Å². The van der Waals surface area contributed by atoms with Gasteiger partial charge < -0.3 is 11.2 Å². The normalized spacial score (nSPS) is 12.5. The highest BCUT2D eigenvalue weighted by Gasteiger charge is 2.21. The average Bonchev–Trinajstić information content (AvgIpc) is 2.95. The fraction of sp³-hybridized carbons (Fsp3) is 0.444. The molecule has 4 N–H and O–H groups in total. The summed E-state index contributed by atoms with van der Waals surface area (Å²) >= 11 is 1.13. The van der Waals surface area contributed by atoms with E-state index in [1.807, 2.05) is 24.3 Å². The zero-order chi connectivity index (χ0) is 20.2. The minimum atomic E-state index is -0.560. The summed E-state index contributed by atoms with van der Waals surface area (Å²) in [5.41, 5.74) is 2.10. The Bertz CT molecular complexity index is 810. The molecule has 27 heavy (non-hydrogen) atoms. The van der Waals surface area contributed by atoms with E-state index in [0.717, 1.165) is 17.3 Å². The number of carbonyl (C=O) groups excluding carboxylic acids is 2. The first-order valence-corrected chi connectivity index (χ1v) is 9.58. The molecule has 0 radical (unpaired) electrons. The van der Waals surface area contributed by atoms with Gasteiger partial charge >= 0.3 is 6.03 Å². The van der Waals surface area contributed by atoms with Crippen LogP contribution in [0, 0.1) is 0 Å². The molecular formula is C18H26N6O2S. The molecule has 1 heterocycles. The number of hydrogen-bond donors (Lipinski definition) is 3. The quantitative estimate of drug-likeness (QED) is 0.533. The summed E-state index contributed by atoms with van der Waals surface area (Å²) in [6.07, 6.45) is 0. The Kier molecular flexibility index (Phi) is 6.48. The summed E-state index contributed by atoms with van der Waals surface area (Å²) in [6, 6.07) is 7.46. The van der Waals surface area contributed by atoms with Gasteiger partial charge in [0.1, 0.15) is 0 Å². The van der Waals surface area contributed by atoms with Crippen molar-refractivity contribution in [3.63, 3.8) is 0 Å². The zero-order valence-electron chi connectivity index (χ0n) is 16.2. The second kappa shape index (κ2) is 8.43. The van der Waals surface area contributed by atoms with Gasteiger partial charge in [-0.2, -0.15) is 0 Å². The summed E-state index contributed by atoms with van der Waals surface area (Å²) in [7, 11) is 0. The Balaban J connectivity index is 2.10.